The van der Waals surface area contributed by atoms with Gasteiger partial charge in [0, 0.05) is 25.0 Å². The van der Waals surface area contributed by atoms with Gasteiger partial charge in [0.2, 0.25) is 5.95 Å². The fraction of sp³-hybridized carbons (Fsp3) is 0.409. The Hall–Kier alpha value is -2.69. The number of rotatable bonds is 5. The molecule has 0 unspecified atom stereocenters. The zero-order valence-corrected chi connectivity index (χ0v) is 15.7. The van der Waals surface area contributed by atoms with Crippen LogP contribution in [0.15, 0.2) is 48.2 Å². The lowest BCUT2D eigenvalue weighted by atomic mass is 9.97. The standard InChI is InChI=1S/C22H26N4O/c27-21(26-16-6-10-18-9-4-5-11-20(18)26)19-13-15-24-22(25-19)23-14-12-17-7-2-1-3-8-17/h4-5,7,9,11,13,15H,1-3,6,8,10,12,14,16H2,(H,23,24,25). The summed E-state index contributed by atoms with van der Waals surface area (Å²) in [5.41, 5.74) is 4.20. The summed E-state index contributed by atoms with van der Waals surface area (Å²) in [6.45, 7) is 1.53. The van der Waals surface area contributed by atoms with Gasteiger partial charge in [-0.15, -0.1) is 0 Å². The lowest BCUT2D eigenvalue weighted by Crippen LogP contribution is -2.36. The Morgan fingerprint density at radius 2 is 2.04 bits per heavy atom. The molecule has 140 valence electrons. The number of aromatic nitrogens is 2. The van der Waals surface area contributed by atoms with Crippen molar-refractivity contribution in [2.24, 2.45) is 0 Å². The molecule has 1 N–H and O–H groups in total. The second-order valence-electron chi connectivity index (χ2n) is 7.24. The molecule has 1 aromatic carbocycles. The molecule has 0 radical (unpaired) electrons. The van der Waals surface area contributed by atoms with Crippen LogP contribution in [0, 0.1) is 0 Å². The van der Waals surface area contributed by atoms with Gasteiger partial charge in [0.15, 0.2) is 0 Å². The zero-order valence-electron chi connectivity index (χ0n) is 15.7. The summed E-state index contributed by atoms with van der Waals surface area (Å²) >= 11 is 0. The Balaban J connectivity index is 1.43. The van der Waals surface area contributed by atoms with Crippen LogP contribution in [0.1, 0.15) is 54.6 Å². The first-order valence-electron chi connectivity index (χ1n) is 9.96. The summed E-state index contributed by atoms with van der Waals surface area (Å²) in [7, 11) is 0. The predicted molar refractivity (Wildman–Crippen MR) is 108 cm³/mol. The quantitative estimate of drug-likeness (QED) is 0.802. The number of nitrogens with zero attached hydrogens (tertiary/aromatic N) is 3. The molecule has 1 aliphatic carbocycles. The molecule has 5 nitrogen and oxygen atoms in total. The summed E-state index contributed by atoms with van der Waals surface area (Å²) in [5.74, 6) is 0.477. The maximum atomic E-state index is 13.0. The molecule has 0 saturated heterocycles. The minimum absolute atomic E-state index is 0.0532. The molecule has 2 aromatic rings. The molecule has 0 atom stereocenters. The number of para-hydroxylation sites is 1. The molecule has 4 rings (SSSR count). The van der Waals surface area contributed by atoms with E-state index < -0.39 is 0 Å². The van der Waals surface area contributed by atoms with Crippen molar-refractivity contribution in [3.63, 3.8) is 0 Å². The highest BCUT2D eigenvalue weighted by Crippen LogP contribution is 2.28. The molecule has 1 amide bonds. The lowest BCUT2D eigenvalue weighted by Gasteiger charge is -2.29. The number of hydrogen-bond acceptors (Lipinski definition) is 4. The molecule has 27 heavy (non-hydrogen) atoms. The lowest BCUT2D eigenvalue weighted by molar-refractivity contribution is 0.0980. The van der Waals surface area contributed by atoms with Gasteiger partial charge in [-0.3, -0.25) is 4.79 Å². The minimum Gasteiger partial charge on any atom is -0.354 e. The molecule has 5 heteroatoms. The van der Waals surface area contributed by atoms with Crippen molar-refractivity contribution in [2.75, 3.05) is 23.3 Å². The monoisotopic (exact) mass is 362 g/mol. The van der Waals surface area contributed by atoms with Crippen LogP contribution in [-0.2, 0) is 6.42 Å². The summed E-state index contributed by atoms with van der Waals surface area (Å²) in [6, 6.07) is 9.83. The third-order valence-corrected chi connectivity index (χ3v) is 5.34. The number of benzene rings is 1. The van der Waals surface area contributed by atoms with Gasteiger partial charge in [0.1, 0.15) is 5.69 Å². The molecule has 0 fully saturated rings. The SMILES string of the molecule is O=C(c1ccnc(NCCC2=CCCCC2)n1)N1CCCc2ccccc21. The molecule has 0 bridgehead atoms. The van der Waals surface area contributed by atoms with Gasteiger partial charge in [0.25, 0.3) is 5.91 Å². The van der Waals surface area contributed by atoms with Gasteiger partial charge in [-0.1, -0.05) is 29.8 Å². The van der Waals surface area contributed by atoms with Crippen LogP contribution in [0.3, 0.4) is 0 Å². The van der Waals surface area contributed by atoms with Crippen molar-refractivity contribution in [1.82, 2.24) is 9.97 Å². The normalized spacial score (nSPS) is 16.4. The van der Waals surface area contributed by atoms with Gasteiger partial charge >= 0.3 is 0 Å². The van der Waals surface area contributed by atoms with E-state index in [1.165, 1.54) is 36.8 Å². The van der Waals surface area contributed by atoms with E-state index in [1.807, 2.05) is 23.1 Å². The highest BCUT2D eigenvalue weighted by Gasteiger charge is 2.24. The van der Waals surface area contributed by atoms with Crippen molar-refractivity contribution >= 4 is 17.5 Å². The molecule has 1 aromatic heterocycles. The Kier molecular flexibility index (Phi) is 5.47. The summed E-state index contributed by atoms with van der Waals surface area (Å²) in [4.78, 5) is 23.6. The first kappa shape index (κ1) is 17.7. The maximum Gasteiger partial charge on any atom is 0.277 e. The van der Waals surface area contributed by atoms with Gasteiger partial charge < -0.3 is 10.2 Å². The van der Waals surface area contributed by atoms with Crippen LogP contribution in [0.25, 0.3) is 0 Å². The van der Waals surface area contributed by atoms with Crippen LogP contribution in [-0.4, -0.2) is 29.0 Å². The number of aryl methyl sites for hydroxylation is 1. The molecule has 1 aliphatic heterocycles. The highest BCUT2D eigenvalue weighted by atomic mass is 16.2. The van der Waals surface area contributed by atoms with Crippen LogP contribution in [0.2, 0.25) is 0 Å². The summed E-state index contributed by atoms with van der Waals surface area (Å²) in [6.07, 6.45) is 12.1. The zero-order chi connectivity index (χ0) is 18.5. The third-order valence-electron chi connectivity index (χ3n) is 5.34. The average Bonchev–Trinajstić information content (AvgIpc) is 2.74. The number of hydrogen-bond donors (Lipinski definition) is 1. The van der Waals surface area contributed by atoms with Crippen LogP contribution >= 0.6 is 0 Å². The second kappa shape index (κ2) is 8.33. The first-order valence-corrected chi connectivity index (χ1v) is 9.96. The summed E-state index contributed by atoms with van der Waals surface area (Å²) < 4.78 is 0. The number of carbonyl (C=O) groups excluding carboxylic acids is 1. The molecule has 0 spiro atoms. The van der Waals surface area contributed by atoms with E-state index in [1.54, 1.807) is 12.3 Å². The fourth-order valence-corrected chi connectivity index (χ4v) is 3.91. The van der Waals surface area contributed by atoms with Crippen LogP contribution < -0.4 is 10.2 Å². The van der Waals surface area contributed by atoms with Crippen LogP contribution in [0.5, 0.6) is 0 Å². The fourth-order valence-electron chi connectivity index (χ4n) is 3.91. The third kappa shape index (κ3) is 4.18. The minimum atomic E-state index is -0.0532. The Morgan fingerprint density at radius 1 is 1.11 bits per heavy atom. The van der Waals surface area contributed by atoms with Gasteiger partial charge in [-0.2, -0.15) is 0 Å². The van der Waals surface area contributed by atoms with Crippen molar-refractivity contribution in [2.45, 2.75) is 44.9 Å². The van der Waals surface area contributed by atoms with Crippen LogP contribution in [0.4, 0.5) is 11.6 Å². The first-order chi connectivity index (χ1) is 13.3. The second-order valence-corrected chi connectivity index (χ2v) is 7.24. The largest absolute Gasteiger partial charge is 0.354 e. The Bertz CT molecular complexity index is 846. The van der Waals surface area contributed by atoms with E-state index in [9.17, 15) is 4.79 Å². The summed E-state index contributed by atoms with van der Waals surface area (Å²) in [5, 5.41) is 3.28. The van der Waals surface area contributed by atoms with E-state index in [4.69, 9.17) is 0 Å². The average molecular weight is 362 g/mol. The van der Waals surface area contributed by atoms with E-state index in [2.05, 4.69) is 27.4 Å². The van der Waals surface area contributed by atoms with Crippen molar-refractivity contribution in [1.29, 1.82) is 0 Å². The Labute approximate surface area is 160 Å². The molecule has 2 heterocycles. The van der Waals surface area contributed by atoms with Gasteiger partial charge in [-0.25, -0.2) is 9.97 Å². The maximum absolute atomic E-state index is 13.0. The number of carbonyl (C=O) groups is 1. The number of amides is 1. The van der Waals surface area contributed by atoms with E-state index in [-0.39, 0.29) is 5.91 Å². The van der Waals surface area contributed by atoms with Gasteiger partial charge in [0.05, 0.1) is 0 Å². The van der Waals surface area contributed by atoms with Crippen molar-refractivity contribution in [3.8, 4) is 0 Å². The molecule has 2 aliphatic rings. The number of nitrogens with one attached hydrogen (secondary N) is 1. The van der Waals surface area contributed by atoms with E-state index >= 15 is 0 Å². The Morgan fingerprint density at radius 3 is 2.93 bits per heavy atom. The highest BCUT2D eigenvalue weighted by molar-refractivity contribution is 6.05. The van der Waals surface area contributed by atoms with Crippen molar-refractivity contribution < 1.29 is 4.79 Å². The number of fused-ring (bicyclic) bond motifs is 1. The van der Waals surface area contributed by atoms with E-state index in [0.29, 0.717) is 11.6 Å². The molecule has 0 saturated carbocycles. The van der Waals surface area contributed by atoms with E-state index in [0.717, 1.165) is 38.0 Å². The predicted octanol–water partition coefficient (Wildman–Crippen LogP) is 4.37. The van der Waals surface area contributed by atoms with Crippen molar-refractivity contribution in [3.05, 3.63) is 59.4 Å². The molecular weight excluding hydrogens is 336 g/mol. The topological polar surface area (TPSA) is 58.1 Å². The number of allylic oxidation sites excluding steroid dienone is 1. The molecular formula is C22H26N4O. The number of anilines is 2. The van der Waals surface area contributed by atoms with Gasteiger partial charge in [-0.05, 0) is 62.6 Å². The smallest absolute Gasteiger partial charge is 0.277 e.